The van der Waals surface area contributed by atoms with Crippen LogP contribution >= 0.6 is 11.3 Å². The number of aryl methyl sites for hydroxylation is 2. The van der Waals surface area contributed by atoms with Gasteiger partial charge in [-0.15, -0.1) is 11.3 Å². The van der Waals surface area contributed by atoms with Gasteiger partial charge in [0.05, 0.1) is 5.69 Å². The van der Waals surface area contributed by atoms with Gasteiger partial charge < -0.3 is 5.32 Å². The van der Waals surface area contributed by atoms with E-state index < -0.39 is 0 Å². The highest BCUT2D eigenvalue weighted by atomic mass is 32.1. The third-order valence-corrected chi connectivity index (χ3v) is 4.67. The first kappa shape index (κ1) is 15.4. The van der Waals surface area contributed by atoms with Crippen molar-refractivity contribution in [3.63, 3.8) is 0 Å². The molecule has 0 aliphatic carbocycles. The largest absolute Gasteiger partial charge is 0.321 e. The standard InChI is InChI=1S/C18H17N3OS/c1-3-14-11-13(9-10-19-14)18-20-12(2)16(23-18)17(22)21-15-7-5-4-6-8-15/h4-11H,3H2,1-2H3,(H,21,22). The number of nitrogens with zero attached hydrogens (tertiary/aromatic N) is 2. The van der Waals surface area contributed by atoms with Crippen LogP contribution in [0.5, 0.6) is 0 Å². The monoisotopic (exact) mass is 323 g/mol. The Hall–Kier alpha value is -2.53. The molecule has 1 N–H and O–H groups in total. The molecule has 0 atom stereocenters. The number of hydrogen-bond donors (Lipinski definition) is 1. The van der Waals surface area contributed by atoms with E-state index in [1.807, 2.05) is 49.4 Å². The van der Waals surface area contributed by atoms with Crippen molar-refractivity contribution in [1.29, 1.82) is 0 Å². The van der Waals surface area contributed by atoms with Gasteiger partial charge in [0.1, 0.15) is 9.88 Å². The Labute approximate surface area is 139 Å². The first-order valence-corrected chi connectivity index (χ1v) is 8.28. The highest BCUT2D eigenvalue weighted by Crippen LogP contribution is 2.28. The molecule has 0 aliphatic rings. The minimum atomic E-state index is -0.123. The molecule has 3 rings (SSSR count). The summed E-state index contributed by atoms with van der Waals surface area (Å²) in [5, 5.41) is 3.75. The van der Waals surface area contributed by atoms with Crippen LogP contribution in [0.15, 0.2) is 48.7 Å². The molecular weight excluding hydrogens is 306 g/mol. The number of hydrogen-bond acceptors (Lipinski definition) is 4. The molecule has 23 heavy (non-hydrogen) atoms. The number of pyridine rings is 1. The summed E-state index contributed by atoms with van der Waals surface area (Å²) in [6.45, 7) is 3.93. The summed E-state index contributed by atoms with van der Waals surface area (Å²) in [4.78, 5) is 21.9. The molecular formula is C18H17N3OS. The van der Waals surface area contributed by atoms with Crippen molar-refractivity contribution in [3.05, 3.63) is 64.9 Å². The fraction of sp³-hybridized carbons (Fsp3) is 0.167. The molecule has 0 aliphatic heterocycles. The second-order valence-electron chi connectivity index (χ2n) is 5.14. The van der Waals surface area contributed by atoms with Crippen LogP contribution in [0.25, 0.3) is 10.6 Å². The van der Waals surface area contributed by atoms with Crippen LogP contribution in [0.2, 0.25) is 0 Å². The SMILES string of the molecule is CCc1cc(-c2nc(C)c(C(=O)Nc3ccccc3)s2)ccn1. The van der Waals surface area contributed by atoms with E-state index in [1.165, 1.54) is 11.3 Å². The fourth-order valence-corrected chi connectivity index (χ4v) is 3.20. The lowest BCUT2D eigenvalue weighted by molar-refractivity contribution is 0.103. The van der Waals surface area contributed by atoms with Crippen LogP contribution < -0.4 is 5.32 Å². The lowest BCUT2D eigenvalue weighted by atomic mass is 10.2. The zero-order valence-electron chi connectivity index (χ0n) is 13.0. The zero-order valence-corrected chi connectivity index (χ0v) is 13.9. The summed E-state index contributed by atoms with van der Waals surface area (Å²) in [6, 6.07) is 13.4. The van der Waals surface area contributed by atoms with Crippen molar-refractivity contribution in [3.8, 4) is 10.6 Å². The maximum absolute atomic E-state index is 12.4. The Bertz CT molecular complexity index is 827. The van der Waals surface area contributed by atoms with Crippen molar-refractivity contribution in [1.82, 2.24) is 9.97 Å². The Morgan fingerprint density at radius 2 is 2.00 bits per heavy atom. The maximum Gasteiger partial charge on any atom is 0.267 e. The van der Waals surface area contributed by atoms with E-state index in [4.69, 9.17) is 0 Å². The van der Waals surface area contributed by atoms with Gasteiger partial charge in [-0.25, -0.2) is 4.98 Å². The van der Waals surface area contributed by atoms with Gasteiger partial charge in [0.2, 0.25) is 0 Å². The van der Waals surface area contributed by atoms with Gasteiger partial charge >= 0.3 is 0 Å². The van der Waals surface area contributed by atoms with E-state index >= 15 is 0 Å². The average molecular weight is 323 g/mol. The Morgan fingerprint density at radius 1 is 1.22 bits per heavy atom. The number of amides is 1. The molecule has 0 saturated carbocycles. The number of rotatable bonds is 4. The van der Waals surface area contributed by atoms with Crippen LogP contribution in [0.4, 0.5) is 5.69 Å². The quantitative estimate of drug-likeness (QED) is 0.777. The molecule has 116 valence electrons. The average Bonchev–Trinajstić information content (AvgIpc) is 2.98. The van der Waals surface area contributed by atoms with Crippen molar-refractivity contribution in [2.75, 3.05) is 5.32 Å². The first-order valence-electron chi connectivity index (χ1n) is 7.46. The van der Waals surface area contributed by atoms with E-state index in [1.54, 1.807) is 6.20 Å². The third kappa shape index (κ3) is 3.46. The Morgan fingerprint density at radius 3 is 2.74 bits per heavy atom. The fourth-order valence-electron chi connectivity index (χ4n) is 2.24. The molecule has 5 heteroatoms. The van der Waals surface area contributed by atoms with Gasteiger partial charge in [-0.05, 0) is 37.6 Å². The number of carbonyl (C=O) groups excluding carboxylic acids is 1. The van der Waals surface area contributed by atoms with Gasteiger partial charge in [0.15, 0.2) is 0 Å². The highest BCUT2D eigenvalue weighted by Gasteiger charge is 2.16. The molecule has 1 amide bonds. The molecule has 0 unspecified atom stereocenters. The van der Waals surface area contributed by atoms with E-state index in [0.29, 0.717) is 4.88 Å². The Balaban J connectivity index is 1.87. The summed E-state index contributed by atoms with van der Waals surface area (Å²) < 4.78 is 0. The van der Waals surface area contributed by atoms with Gasteiger partial charge in [0.25, 0.3) is 5.91 Å². The molecule has 3 aromatic rings. The summed E-state index contributed by atoms with van der Waals surface area (Å²) in [6.07, 6.45) is 2.66. The first-order chi connectivity index (χ1) is 11.2. The lowest BCUT2D eigenvalue weighted by Gasteiger charge is -2.03. The number of anilines is 1. The lowest BCUT2D eigenvalue weighted by Crippen LogP contribution is -2.11. The van der Waals surface area contributed by atoms with E-state index in [2.05, 4.69) is 22.2 Å². The molecule has 0 fully saturated rings. The maximum atomic E-state index is 12.4. The number of thiazole rings is 1. The zero-order chi connectivity index (χ0) is 16.2. The van der Waals surface area contributed by atoms with Crippen molar-refractivity contribution < 1.29 is 4.79 Å². The molecule has 0 spiro atoms. The van der Waals surface area contributed by atoms with Gasteiger partial charge in [-0.3, -0.25) is 9.78 Å². The predicted molar refractivity (Wildman–Crippen MR) is 93.9 cm³/mol. The van der Waals surface area contributed by atoms with Gasteiger partial charge in [-0.1, -0.05) is 25.1 Å². The van der Waals surface area contributed by atoms with Crippen LogP contribution in [-0.4, -0.2) is 15.9 Å². The minimum absolute atomic E-state index is 0.123. The van der Waals surface area contributed by atoms with Gasteiger partial charge in [-0.2, -0.15) is 0 Å². The second kappa shape index (κ2) is 6.71. The topological polar surface area (TPSA) is 54.9 Å². The van der Waals surface area contributed by atoms with Crippen LogP contribution in [0.3, 0.4) is 0 Å². The van der Waals surface area contributed by atoms with Crippen molar-refractivity contribution >= 4 is 22.9 Å². The summed E-state index contributed by atoms with van der Waals surface area (Å²) in [7, 11) is 0. The van der Waals surface area contributed by atoms with E-state index in [0.717, 1.165) is 34.1 Å². The predicted octanol–water partition coefficient (Wildman–Crippen LogP) is 4.33. The Kier molecular flexibility index (Phi) is 4.48. The number of carbonyl (C=O) groups is 1. The summed E-state index contributed by atoms with van der Waals surface area (Å²) in [5.74, 6) is -0.123. The van der Waals surface area contributed by atoms with Crippen LogP contribution in [0.1, 0.15) is 28.0 Å². The number of aromatic nitrogens is 2. The normalized spacial score (nSPS) is 10.5. The van der Waals surface area contributed by atoms with E-state index in [-0.39, 0.29) is 5.91 Å². The smallest absolute Gasteiger partial charge is 0.267 e. The molecule has 2 heterocycles. The van der Waals surface area contributed by atoms with Crippen molar-refractivity contribution in [2.45, 2.75) is 20.3 Å². The number of benzene rings is 1. The number of nitrogens with one attached hydrogen (secondary N) is 1. The summed E-state index contributed by atoms with van der Waals surface area (Å²) in [5.41, 5.74) is 3.55. The third-order valence-electron chi connectivity index (χ3n) is 3.46. The second-order valence-corrected chi connectivity index (χ2v) is 6.14. The van der Waals surface area contributed by atoms with Crippen LogP contribution in [0, 0.1) is 6.92 Å². The number of para-hydroxylation sites is 1. The van der Waals surface area contributed by atoms with Crippen molar-refractivity contribution in [2.24, 2.45) is 0 Å². The molecule has 0 radical (unpaired) electrons. The molecule has 0 bridgehead atoms. The summed E-state index contributed by atoms with van der Waals surface area (Å²) >= 11 is 1.41. The van der Waals surface area contributed by atoms with E-state index in [9.17, 15) is 4.79 Å². The van der Waals surface area contributed by atoms with Crippen LogP contribution in [-0.2, 0) is 6.42 Å². The molecule has 4 nitrogen and oxygen atoms in total. The molecule has 1 aromatic carbocycles. The van der Waals surface area contributed by atoms with Gasteiger partial charge in [0, 0.05) is 23.1 Å². The molecule has 2 aromatic heterocycles. The minimum Gasteiger partial charge on any atom is -0.321 e. The molecule has 0 saturated heterocycles. The highest BCUT2D eigenvalue weighted by molar-refractivity contribution is 7.17.